The third kappa shape index (κ3) is 3.82. The molecule has 0 saturated carbocycles. The van der Waals surface area contributed by atoms with Gasteiger partial charge in [0.2, 0.25) is 0 Å². The lowest BCUT2D eigenvalue weighted by molar-refractivity contribution is 0.0642. The number of hydrogen-bond acceptors (Lipinski definition) is 2. The van der Waals surface area contributed by atoms with E-state index in [1.165, 1.54) is 0 Å². The van der Waals surface area contributed by atoms with Crippen molar-refractivity contribution >= 4 is 21.8 Å². The van der Waals surface area contributed by atoms with Crippen molar-refractivity contribution in [1.29, 1.82) is 0 Å². The van der Waals surface area contributed by atoms with E-state index in [-0.39, 0.29) is 5.91 Å². The Morgan fingerprint density at radius 3 is 2.88 bits per heavy atom. The molecule has 1 aliphatic rings. The highest BCUT2D eigenvalue weighted by Crippen LogP contribution is 2.14. The van der Waals surface area contributed by atoms with E-state index in [9.17, 15) is 4.79 Å². The van der Waals surface area contributed by atoms with E-state index >= 15 is 0 Å². The van der Waals surface area contributed by atoms with Crippen molar-refractivity contribution in [3.05, 3.63) is 34.3 Å². The summed E-state index contributed by atoms with van der Waals surface area (Å²) in [5.41, 5.74) is 0.700. The summed E-state index contributed by atoms with van der Waals surface area (Å²) in [6.07, 6.45) is 2.08. The number of rotatable bonds is 3. The Bertz CT molecular complexity index is 389. The first kappa shape index (κ1) is 12.6. The fourth-order valence-electron chi connectivity index (χ4n) is 1.92. The molecular formula is C13H16BrNO2. The first-order chi connectivity index (χ1) is 8.25. The quantitative estimate of drug-likeness (QED) is 0.931. The Labute approximate surface area is 110 Å². The molecule has 0 radical (unpaired) electrons. The molecule has 1 N–H and O–H groups in total. The van der Waals surface area contributed by atoms with Gasteiger partial charge in [0.15, 0.2) is 0 Å². The van der Waals surface area contributed by atoms with E-state index in [4.69, 9.17) is 4.74 Å². The minimum Gasteiger partial charge on any atom is -0.381 e. The predicted octanol–water partition coefficient (Wildman–Crippen LogP) is 2.61. The van der Waals surface area contributed by atoms with Gasteiger partial charge in [-0.25, -0.2) is 0 Å². The summed E-state index contributed by atoms with van der Waals surface area (Å²) in [5, 5.41) is 2.98. The maximum Gasteiger partial charge on any atom is 0.251 e. The van der Waals surface area contributed by atoms with Gasteiger partial charge in [0.1, 0.15) is 0 Å². The Hall–Kier alpha value is -0.870. The zero-order valence-electron chi connectivity index (χ0n) is 9.62. The van der Waals surface area contributed by atoms with Crippen LogP contribution >= 0.6 is 15.9 Å². The molecular weight excluding hydrogens is 282 g/mol. The van der Waals surface area contributed by atoms with Crippen LogP contribution in [-0.4, -0.2) is 25.7 Å². The number of ether oxygens (including phenoxy) is 1. The first-order valence-electron chi connectivity index (χ1n) is 5.87. The predicted molar refractivity (Wildman–Crippen MR) is 70.0 cm³/mol. The molecule has 4 heteroatoms. The smallest absolute Gasteiger partial charge is 0.251 e. The lowest BCUT2D eigenvalue weighted by Crippen LogP contribution is -2.32. The second kappa shape index (κ2) is 6.17. The Morgan fingerprint density at radius 1 is 1.41 bits per heavy atom. The average Bonchev–Trinajstić information content (AvgIpc) is 2.37. The van der Waals surface area contributed by atoms with E-state index in [1.54, 1.807) is 0 Å². The molecule has 92 valence electrons. The van der Waals surface area contributed by atoms with Gasteiger partial charge in [0.25, 0.3) is 5.91 Å². The SMILES string of the molecule is O=C(NCC1CCOCC1)c1cccc(Br)c1. The van der Waals surface area contributed by atoms with E-state index < -0.39 is 0 Å². The molecule has 0 unspecified atom stereocenters. The van der Waals surface area contributed by atoms with Crippen molar-refractivity contribution in [2.75, 3.05) is 19.8 Å². The third-order valence-corrected chi connectivity index (χ3v) is 3.47. The lowest BCUT2D eigenvalue weighted by atomic mass is 10.0. The van der Waals surface area contributed by atoms with E-state index in [1.807, 2.05) is 24.3 Å². The van der Waals surface area contributed by atoms with E-state index in [0.717, 1.165) is 37.1 Å². The van der Waals surface area contributed by atoms with Crippen molar-refractivity contribution in [2.45, 2.75) is 12.8 Å². The van der Waals surface area contributed by atoms with Crippen LogP contribution in [0.1, 0.15) is 23.2 Å². The van der Waals surface area contributed by atoms with Crippen molar-refractivity contribution < 1.29 is 9.53 Å². The van der Waals surface area contributed by atoms with E-state index in [0.29, 0.717) is 11.5 Å². The molecule has 1 amide bonds. The summed E-state index contributed by atoms with van der Waals surface area (Å²) in [7, 11) is 0. The molecule has 0 atom stereocenters. The molecule has 0 bridgehead atoms. The van der Waals surface area contributed by atoms with Crippen LogP contribution < -0.4 is 5.32 Å². The summed E-state index contributed by atoms with van der Waals surface area (Å²) in [5.74, 6) is 0.553. The van der Waals surface area contributed by atoms with Gasteiger partial charge in [-0.3, -0.25) is 4.79 Å². The minimum absolute atomic E-state index is 0.00204. The number of hydrogen-bond donors (Lipinski definition) is 1. The summed E-state index contributed by atoms with van der Waals surface area (Å²) < 4.78 is 6.22. The number of benzene rings is 1. The van der Waals surface area contributed by atoms with Crippen LogP contribution in [0.2, 0.25) is 0 Å². The number of nitrogens with one attached hydrogen (secondary N) is 1. The molecule has 1 heterocycles. The number of halogens is 1. The highest BCUT2D eigenvalue weighted by Gasteiger charge is 2.15. The summed E-state index contributed by atoms with van der Waals surface area (Å²) in [6, 6.07) is 7.44. The van der Waals surface area contributed by atoms with Crippen LogP contribution in [-0.2, 0) is 4.74 Å². The molecule has 0 spiro atoms. The monoisotopic (exact) mass is 297 g/mol. The molecule has 0 aliphatic carbocycles. The van der Waals surface area contributed by atoms with Gasteiger partial charge in [-0.1, -0.05) is 22.0 Å². The van der Waals surface area contributed by atoms with Crippen LogP contribution in [0.15, 0.2) is 28.7 Å². The summed E-state index contributed by atoms with van der Waals surface area (Å²) in [6.45, 7) is 2.38. The standard InChI is InChI=1S/C13H16BrNO2/c14-12-3-1-2-11(8-12)13(16)15-9-10-4-6-17-7-5-10/h1-3,8,10H,4-7,9H2,(H,15,16). The normalized spacial score (nSPS) is 16.8. The topological polar surface area (TPSA) is 38.3 Å². The Kier molecular flexibility index (Phi) is 4.57. The highest BCUT2D eigenvalue weighted by molar-refractivity contribution is 9.10. The van der Waals surface area contributed by atoms with Crippen LogP contribution in [0, 0.1) is 5.92 Å². The molecule has 1 aliphatic heterocycles. The molecule has 1 saturated heterocycles. The van der Waals surface area contributed by atoms with Gasteiger partial charge in [-0.05, 0) is 37.0 Å². The van der Waals surface area contributed by atoms with Crippen molar-refractivity contribution in [3.63, 3.8) is 0 Å². The maximum absolute atomic E-state index is 11.9. The molecule has 17 heavy (non-hydrogen) atoms. The van der Waals surface area contributed by atoms with Gasteiger partial charge in [0, 0.05) is 29.8 Å². The number of carbonyl (C=O) groups excluding carboxylic acids is 1. The molecule has 0 aromatic heterocycles. The van der Waals surface area contributed by atoms with Crippen LogP contribution in [0.5, 0.6) is 0 Å². The van der Waals surface area contributed by atoms with E-state index in [2.05, 4.69) is 21.2 Å². The third-order valence-electron chi connectivity index (χ3n) is 2.98. The van der Waals surface area contributed by atoms with Crippen molar-refractivity contribution in [2.24, 2.45) is 5.92 Å². The van der Waals surface area contributed by atoms with Crippen molar-refractivity contribution in [3.8, 4) is 0 Å². The average molecular weight is 298 g/mol. The van der Waals surface area contributed by atoms with Crippen LogP contribution in [0.25, 0.3) is 0 Å². The van der Waals surface area contributed by atoms with Crippen LogP contribution in [0.3, 0.4) is 0 Å². The molecule has 1 fully saturated rings. The first-order valence-corrected chi connectivity index (χ1v) is 6.66. The Balaban J connectivity index is 1.84. The Morgan fingerprint density at radius 2 is 2.18 bits per heavy atom. The molecule has 1 aromatic rings. The number of carbonyl (C=O) groups is 1. The second-order valence-electron chi connectivity index (χ2n) is 4.28. The number of amides is 1. The maximum atomic E-state index is 11.9. The van der Waals surface area contributed by atoms with Crippen molar-refractivity contribution in [1.82, 2.24) is 5.32 Å². The van der Waals surface area contributed by atoms with Gasteiger partial charge in [-0.15, -0.1) is 0 Å². The summed E-state index contributed by atoms with van der Waals surface area (Å²) >= 11 is 3.36. The zero-order valence-corrected chi connectivity index (χ0v) is 11.2. The molecule has 2 rings (SSSR count). The fraction of sp³-hybridized carbons (Fsp3) is 0.462. The van der Waals surface area contributed by atoms with Gasteiger partial charge >= 0.3 is 0 Å². The minimum atomic E-state index is -0.00204. The van der Waals surface area contributed by atoms with Gasteiger partial charge < -0.3 is 10.1 Å². The molecule has 3 nitrogen and oxygen atoms in total. The van der Waals surface area contributed by atoms with Gasteiger partial charge in [0.05, 0.1) is 0 Å². The zero-order chi connectivity index (χ0) is 12.1. The lowest BCUT2D eigenvalue weighted by Gasteiger charge is -2.22. The van der Waals surface area contributed by atoms with Crippen LogP contribution in [0.4, 0.5) is 0 Å². The fourth-order valence-corrected chi connectivity index (χ4v) is 2.32. The second-order valence-corrected chi connectivity index (χ2v) is 5.19. The largest absolute Gasteiger partial charge is 0.381 e. The summed E-state index contributed by atoms with van der Waals surface area (Å²) in [4.78, 5) is 11.9. The molecule has 1 aromatic carbocycles. The highest BCUT2D eigenvalue weighted by atomic mass is 79.9. The van der Waals surface area contributed by atoms with Gasteiger partial charge in [-0.2, -0.15) is 0 Å².